The molecule has 1 aromatic heterocycles. The second-order valence-corrected chi connectivity index (χ2v) is 6.10. The average molecular weight is 342 g/mol. The number of benzene rings is 2. The van der Waals surface area contributed by atoms with Crippen LogP contribution >= 0.6 is 11.6 Å². The summed E-state index contributed by atoms with van der Waals surface area (Å²) in [7, 11) is 0. The Morgan fingerprint density at radius 2 is 2.00 bits per heavy atom. The van der Waals surface area contributed by atoms with Gasteiger partial charge in [0.15, 0.2) is 0 Å². The Hall–Kier alpha value is -2.66. The van der Waals surface area contributed by atoms with E-state index in [1.807, 2.05) is 12.1 Å². The lowest BCUT2D eigenvalue weighted by Crippen LogP contribution is -2.25. The number of hydrogen-bond donors (Lipinski definition) is 1. The summed E-state index contributed by atoms with van der Waals surface area (Å²) in [4.78, 5) is 12.2. The number of nitrogens with one attached hydrogen (secondary N) is 1. The van der Waals surface area contributed by atoms with Crippen LogP contribution in [0.2, 0.25) is 5.02 Å². The van der Waals surface area contributed by atoms with Gasteiger partial charge in [-0.1, -0.05) is 35.9 Å². The molecule has 1 amide bonds. The predicted molar refractivity (Wildman–Crippen MR) is 90.1 cm³/mol. The molecule has 0 saturated heterocycles. The molecule has 24 heavy (non-hydrogen) atoms. The highest BCUT2D eigenvalue weighted by atomic mass is 35.5. The summed E-state index contributed by atoms with van der Waals surface area (Å²) in [6, 6.07) is 13.7. The maximum Gasteiger partial charge on any atom is 0.226 e. The lowest BCUT2D eigenvalue weighted by Gasteiger charge is -2.24. The zero-order valence-electron chi connectivity index (χ0n) is 12.5. The van der Waals surface area contributed by atoms with E-state index < -0.39 is 0 Å². The molecule has 0 radical (unpaired) electrons. The summed E-state index contributed by atoms with van der Waals surface area (Å²) < 4.78 is 15.8. The van der Waals surface area contributed by atoms with Crippen molar-refractivity contribution in [1.82, 2.24) is 9.78 Å². The molecule has 1 aliphatic heterocycles. The van der Waals surface area contributed by atoms with Crippen molar-refractivity contribution in [2.45, 2.75) is 12.3 Å². The Labute approximate surface area is 142 Å². The second-order valence-electron chi connectivity index (χ2n) is 5.67. The van der Waals surface area contributed by atoms with Gasteiger partial charge in [0, 0.05) is 22.9 Å². The zero-order valence-corrected chi connectivity index (χ0v) is 13.3. The molecular weight excluding hydrogens is 329 g/mol. The lowest BCUT2D eigenvalue weighted by atomic mass is 9.87. The van der Waals surface area contributed by atoms with E-state index in [9.17, 15) is 9.18 Å². The van der Waals surface area contributed by atoms with Crippen molar-refractivity contribution in [2.24, 2.45) is 0 Å². The number of halogens is 2. The molecule has 2 aromatic carbocycles. The fraction of sp³-hybridized carbons (Fsp3) is 0.111. The summed E-state index contributed by atoms with van der Waals surface area (Å²) in [6.07, 6.45) is 1.86. The third-order valence-corrected chi connectivity index (χ3v) is 4.39. The van der Waals surface area contributed by atoms with Crippen LogP contribution in [0.5, 0.6) is 0 Å². The number of hydrogen-bond acceptors (Lipinski definition) is 2. The molecule has 0 spiro atoms. The monoisotopic (exact) mass is 341 g/mol. The van der Waals surface area contributed by atoms with Crippen molar-refractivity contribution in [1.29, 1.82) is 0 Å². The van der Waals surface area contributed by atoms with Gasteiger partial charge in [-0.2, -0.15) is 5.10 Å². The third kappa shape index (κ3) is 2.47. The maximum absolute atomic E-state index is 14.2. The zero-order chi connectivity index (χ0) is 16.7. The quantitative estimate of drug-likeness (QED) is 0.761. The summed E-state index contributed by atoms with van der Waals surface area (Å²) in [5.74, 6) is -0.289. The van der Waals surface area contributed by atoms with Crippen LogP contribution in [0.3, 0.4) is 0 Å². The summed E-state index contributed by atoms with van der Waals surface area (Å²) in [5.41, 5.74) is 2.03. The van der Waals surface area contributed by atoms with E-state index in [-0.39, 0.29) is 24.1 Å². The number of aromatic nitrogens is 2. The van der Waals surface area contributed by atoms with E-state index in [1.165, 1.54) is 6.07 Å². The Morgan fingerprint density at radius 1 is 1.17 bits per heavy atom. The van der Waals surface area contributed by atoms with Crippen LogP contribution in [0.4, 0.5) is 10.2 Å². The molecule has 0 bridgehead atoms. The first-order valence-corrected chi connectivity index (χ1v) is 7.89. The Bertz CT molecular complexity index is 938. The minimum atomic E-state index is -0.358. The molecule has 3 aromatic rings. The molecule has 1 unspecified atom stereocenters. The number of rotatable bonds is 2. The minimum Gasteiger partial charge on any atom is -0.310 e. The minimum absolute atomic E-state index is 0.167. The van der Waals surface area contributed by atoms with Crippen LogP contribution < -0.4 is 5.32 Å². The number of nitrogens with zero attached hydrogens (tertiary/aromatic N) is 2. The molecule has 6 heteroatoms. The van der Waals surface area contributed by atoms with Crippen molar-refractivity contribution in [2.75, 3.05) is 5.32 Å². The largest absolute Gasteiger partial charge is 0.310 e. The number of carbonyl (C=O) groups is 1. The van der Waals surface area contributed by atoms with Crippen molar-refractivity contribution in [3.63, 3.8) is 0 Å². The molecule has 0 fully saturated rings. The first kappa shape index (κ1) is 14.9. The molecule has 1 N–H and O–H groups in total. The number of amides is 1. The van der Waals surface area contributed by atoms with Crippen molar-refractivity contribution < 1.29 is 9.18 Å². The second kappa shape index (κ2) is 5.76. The molecular formula is C18H13ClFN3O. The predicted octanol–water partition coefficient (Wildman–Crippen LogP) is 4.14. The molecule has 1 aliphatic rings. The van der Waals surface area contributed by atoms with Crippen molar-refractivity contribution >= 4 is 23.3 Å². The smallest absolute Gasteiger partial charge is 0.226 e. The van der Waals surface area contributed by atoms with E-state index in [1.54, 1.807) is 41.2 Å². The summed E-state index contributed by atoms with van der Waals surface area (Å²) in [6.45, 7) is 0. The topological polar surface area (TPSA) is 46.9 Å². The molecule has 4 nitrogen and oxygen atoms in total. The molecule has 2 heterocycles. The maximum atomic E-state index is 14.2. The average Bonchev–Trinajstić information content (AvgIpc) is 2.98. The van der Waals surface area contributed by atoms with Gasteiger partial charge in [0.2, 0.25) is 5.91 Å². The number of anilines is 1. The first-order chi connectivity index (χ1) is 11.6. The highest BCUT2D eigenvalue weighted by molar-refractivity contribution is 6.30. The van der Waals surface area contributed by atoms with E-state index in [0.717, 1.165) is 11.3 Å². The van der Waals surface area contributed by atoms with Crippen LogP contribution in [0.1, 0.15) is 23.5 Å². The van der Waals surface area contributed by atoms with Gasteiger partial charge in [-0.3, -0.25) is 4.79 Å². The number of carbonyl (C=O) groups excluding carboxylic acids is 1. The molecule has 1 atom stereocenters. The molecule has 0 saturated carbocycles. The SMILES string of the molecule is O=C1CC(c2ccccc2F)c2cnn(-c3cccc(Cl)c3)c2N1. The van der Waals surface area contributed by atoms with Gasteiger partial charge in [-0.05, 0) is 29.8 Å². The van der Waals surface area contributed by atoms with Crippen molar-refractivity contribution in [3.05, 3.63) is 76.7 Å². The highest BCUT2D eigenvalue weighted by Gasteiger charge is 2.31. The normalized spacial score (nSPS) is 16.6. The van der Waals surface area contributed by atoms with Gasteiger partial charge in [0.1, 0.15) is 11.6 Å². The van der Waals surface area contributed by atoms with Gasteiger partial charge >= 0.3 is 0 Å². The molecule has 120 valence electrons. The van der Waals surface area contributed by atoms with Crippen LogP contribution in [-0.2, 0) is 4.79 Å². The standard InChI is InChI=1S/C18H13ClFN3O/c19-11-4-3-5-12(8-11)23-18-15(10-21-23)14(9-17(24)22-18)13-6-1-2-7-16(13)20/h1-8,10,14H,9H2,(H,22,24). The van der Waals surface area contributed by atoms with E-state index >= 15 is 0 Å². The Balaban J connectivity index is 1.85. The highest BCUT2D eigenvalue weighted by Crippen LogP contribution is 2.38. The van der Waals surface area contributed by atoms with Gasteiger partial charge in [0.25, 0.3) is 0 Å². The third-order valence-electron chi connectivity index (χ3n) is 4.15. The fourth-order valence-electron chi connectivity index (χ4n) is 3.06. The van der Waals surface area contributed by atoms with E-state index in [4.69, 9.17) is 11.6 Å². The lowest BCUT2D eigenvalue weighted by molar-refractivity contribution is -0.116. The Morgan fingerprint density at radius 3 is 2.79 bits per heavy atom. The van der Waals surface area contributed by atoms with E-state index in [2.05, 4.69) is 10.4 Å². The van der Waals surface area contributed by atoms with Gasteiger partial charge in [-0.25, -0.2) is 9.07 Å². The Kier molecular flexibility index (Phi) is 3.58. The van der Waals surface area contributed by atoms with Gasteiger partial charge in [-0.15, -0.1) is 0 Å². The fourth-order valence-corrected chi connectivity index (χ4v) is 3.24. The number of fused-ring (bicyclic) bond motifs is 1. The van der Waals surface area contributed by atoms with E-state index in [0.29, 0.717) is 16.4 Å². The van der Waals surface area contributed by atoms with Crippen LogP contribution in [0.25, 0.3) is 5.69 Å². The van der Waals surface area contributed by atoms with Crippen LogP contribution in [0.15, 0.2) is 54.7 Å². The van der Waals surface area contributed by atoms with Crippen molar-refractivity contribution in [3.8, 4) is 5.69 Å². The molecule has 4 rings (SSSR count). The molecule has 0 aliphatic carbocycles. The summed E-state index contributed by atoms with van der Waals surface area (Å²) >= 11 is 6.04. The van der Waals surface area contributed by atoms with Crippen LogP contribution in [0, 0.1) is 5.82 Å². The van der Waals surface area contributed by atoms with Gasteiger partial charge < -0.3 is 5.32 Å². The summed E-state index contributed by atoms with van der Waals surface area (Å²) in [5, 5.41) is 7.79. The van der Waals surface area contributed by atoms with Gasteiger partial charge in [0.05, 0.1) is 11.9 Å². The first-order valence-electron chi connectivity index (χ1n) is 7.51. The van der Waals surface area contributed by atoms with Crippen LogP contribution in [-0.4, -0.2) is 15.7 Å².